The number of halogens is 1. The molecule has 0 radical (unpaired) electrons. The average Bonchev–Trinajstić information content (AvgIpc) is 2.99. The topological polar surface area (TPSA) is 89.7 Å². The monoisotopic (exact) mass is 315 g/mol. The quantitative estimate of drug-likeness (QED) is 0.722. The number of aromatic amines is 1. The molecule has 0 amide bonds. The van der Waals surface area contributed by atoms with Crippen molar-refractivity contribution >= 4 is 17.3 Å². The van der Waals surface area contributed by atoms with Crippen LogP contribution in [-0.4, -0.2) is 27.3 Å². The molecule has 112 valence electrons. The van der Waals surface area contributed by atoms with Gasteiger partial charge in [0.05, 0.1) is 23.4 Å². The summed E-state index contributed by atoms with van der Waals surface area (Å²) in [4.78, 5) is 8.56. The summed E-state index contributed by atoms with van der Waals surface area (Å²) in [7, 11) is 1.56. The predicted molar refractivity (Wildman–Crippen MR) is 84.8 cm³/mol. The predicted octanol–water partition coefficient (Wildman–Crippen LogP) is 2.70. The van der Waals surface area contributed by atoms with E-state index >= 15 is 0 Å². The first kappa shape index (κ1) is 14.3. The zero-order chi connectivity index (χ0) is 15.5. The zero-order valence-electron chi connectivity index (χ0n) is 11.9. The number of nitrogen functional groups attached to an aromatic ring is 1. The van der Waals surface area contributed by atoms with Crippen molar-refractivity contribution in [1.29, 1.82) is 0 Å². The Morgan fingerprint density at radius 3 is 2.95 bits per heavy atom. The molecule has 0 aliphatic rings. The van der Waals surface area contributed by atoms with E-state index in [0.29, 0.717) is 34.3 Å². The Bertz CT molecular complexity index is 788. The molecule has 0 bridgehead atoms. The number of nitrogens with one attached hydrogen (secondary N) is 1. The van der Waals surface area contributed by atoms with E-state index in [1.807, 2.05) is 12.1 Å². The first-order valence-corrected chi connectivity index (χ1v) is 6.98. The highest BCUT2D eigenvalue weighted by molar-refractivity contribution is 6.33. The third-order valence-electron chi connectivity index (χ3n) is 3.19. The van der Waals surface area contributed by atoms with E-state index in [4.69, 9.17) is 22.1 Å². The molecule has 0 saturated carbocycles. The van der Waals surface area contributed by atoms with Crippen LogP contribution in [0.5, 0.6) is 5.75 Å². The molecule has 6 nitrogen and oxygen atoms in total. The van der Waals surface area contributed by atoms with Gasteiger partial charge in [-0.25, -0.2) is 4.98 Å². The molecular formula is C15H14ClN5O. The average molecular weight is 316 g/mol. The molecule has 22 heavy (non-hydrogen) atoms. The molecule has 3 rings (SSSR count). The van der Waals surface area contributed by atoms with Gasteiger partial charge in [-0.15, -0.1) is 0 Å². The molecule has 3 N–H and O–H groups in total. The van der Waals surface area contributed by atoms with Gasteiger partial charge < -0.3 is 10.5 Å². The van der Waals surface area contributed by atoms with Crippen molar-refractivity contribution in [3.63, 3.8) is 0 Å². The normalized spacial score (nSPS) is 10.6. The number of rotatable bonds is 4. The van der Waals surface area contributed by atoms with E-state index in [1.165, 1.54) is 0 Å². The molecule has 0 aliphatic heterocycles. The first-order chi connectivity index (χ1) is 10.7. The number of methoxy groups -OCH3 is 1. The van der Waals surface area contributed by atoms with E-state index in [9.17, 15) is 0 Å². The summed E-state index contributed by atoms with van der Waals surface area (Å²) in [6.45, 7) is 0. The molecular weight excluding hydrogens is 302 g/mol. The zero-order valence-corrected chi connectivity index (χ0v) is 12.6. The van der Waals surface area contributed by atoms with Crippen molar-refractivity contribution in [2.45, 2.75) is 6.42 Å². The number of benzene rings is 1. The lowest BCUT2D eigenvalue weighted by atomic mass is 10.1. The second-order valence-electron chi connectivity index (χ2n) is 4.72. The maximum absolute atomic E-state index is 6.07. The van der Waals surface area contributed by atoms with E-state index in [1.54, 1.807) is 31.6 Å². The van der Waals surface area contributed by atoms with Crippen molar-refractivity contribution < 1.29 is 4.74 Å². The number of H-pyrrole nitrogens is 1. The fourth-order valence-electron chi connectivity index (χ4n) is 2.10. The fraction of sp³-hybridized carbons (Fsp3) is 0.133. The number of hydrogen-bond donors (Lipinski definition) is 2. The third kappa shape index (κ3) is 2.87. The number of hydrogen-bond acceptors (Lipinski definition) is 5. The molecule has 3 aromatic rings. The number of nitrogens with zero attached hydrogens (tertiary/aromatic N) is 3. The van der Waals surface area contributed by atoms with E-state index in [0.717, 1.165) is 11.4 Å². The number of nitrogens with two attached hydrogens (primary N) is 1. The van der Waals surface area contributed by atoms with Crippen molar-refractivity contribution in [3.05, 3.63) is 53.1 Å². The molecule has 1 aromatic carbocycles. The van der Waals surface area contributed by atoms with Gasteiger partial charge in [-0.1, -0.05) is 17.7 Å². The highest BCUT2D eigenvalue weighted by Crippen LogP contribution is 2.34. The lowest BCUT2D eigenvalue weighted by Crippen LogP contribution is -1.94. The van der Waals surface area contributed by atoms with Gasteiger partial charge in [-0.2, -0.15) is 5.10 Å². The fourth-order valence-corrected chi connectivity index (χ4v) is 2.27. The Hall–Kier alpha value is -2.60. The number of anilines is 1. The van der Waals surface area contributed by atoms with Crippen molar-refractivity contribution in [3.8, 4) is 17.1 Å². The molecule has 2 aromatic heterocycles. The summed E-state index contributed by atoms with van der Waals surface area (Å²) < 4.78 is 5.32. The van der Waals surface area contributed by atoms with Gasteiger partial charge >= 0.3 is 0 Å². The molecule has 0 saturated heterocycles. The number of pyridine rings is 1. The summed E-state index contributed by atoms with van der Waals surface area (Å²) in [5.41, 5.74) is 7.97. The largest absolute Gasteiger partial charge is 0.496 e. The lowest BCUT2D eigenvalue weighted by molar-refractivity contribution is 0.416. The highest BCUT2D eigenvalue weighted by Gasteiger charge is 2.14. The van der Waals surface area contributed by atoms with Crippen molar-refractivity contribution in [1.82, 2.24) is 20.2 Å². The number of aromatic nitrogens is 4. The van der Waals surface area contributed by atoms with Crippen molar-refractivity contribution in [2.75, 3.05) is 12.8 Å². The van der Waals surface area contributed by atoms with E-state index in [2.05, 4.69) is 20.2 Å². The van der Waals surface area contributed by atoms with Gasteiger partial charge in [0.2, 0.25) is 0 Å². The Morgan fingerprint density at radius 2 is 2.23 bits per heavy atom. The summed E-state index contributed by atoms with van der Waals surface area (Å²) in [5.74, 6) is 1.82. The molecule has 7 heteroatoms. The van der Waals surface area contributed by atoms with Crippen LogP contribution in [-0.2, 0) is 6.42 Å². The first-order valence-electron chi connectivity index (χ1n) is 6.61. The Balaban J connectivity index is 1.92. The summed E-state index contributed by atoms with van der Waals surface area (Å²) in [6.07, 6.45) is 4.14. The van der Waals surface area contributed by atoms with E-state index in [-0.39, 0.29) is 0 Å². The SMILES string of the molecule is COc1cc(N)c(Cl)cc1-c1n[nH]c(Cc2cccnc2)n1. The Morgan fingerprint density at radius 1 is 1.36 bits per heavy atom. The van der Waals surface area contributed by atoms with Gasteiger partial charge in [-0.05, 0) is 17.7 Å². The Kier molecular flexibility index (Phi) is 3.93. The minimum atomic E-state index is 0.439. The summed E-state index contributed by atoms with van der Waals surface area (Å²) in [5, 5.41) is 7.58. The van der Waals surface area contributed by atoms with Crippen LogP contribution in [0.25, 0.3) is 11.4 Å². The van der Waals surface area contributed by atoms with Gasteiger partial charge in [0.15, 0.2) is 5.82 Å². The molecule has 2 heterocycles. The van der Waals surface area contributed by atoms with Gasteiger partial charge in [-0.3, -0.25) is 10.1 Å². The number of ether oxygens (including phenoxy) is 1. The summed E-state index contributed by atoms with van der Waals surface area (Å²) >= 11 is 6.07. The van der Waals surface area contributed by atoms with Gasteiger partial charge in [0.25, 0.3) is 0 Å². The molecule has 0 aliphatic carbocycles. The van der Waals surface area contributed by atoms with Crippen LogP contribution < -0.4 is 10.5 Å². The lowest BCUT2D eigenvalue weighted by Gasteiger charge is -2.07. The second kappa shape index (κ2) is 6.03. The van der Waals surface area contributed by atoms with Crippen LogP contribution in [0.3, 0.4) is 0 Å². The minimum absolute atomic E-state index is 0.439. The van der Waals surface area contributed by atoms with Crippen LogP contribution in [0.15, 0.2) is 36.7 Å². The van der Waals surface area contributed by atoms with E-state index < -0.39 is 0 Å². The van der Waals surface area contributed by atoms with Crippen LogP contribution in [0, 0.1) is 0 Å². The van der Waals surface area contributed by atoms with Crippen LogP contribution in [0.1, 0.15) is 11.4 Å². The highest BCUT2D eigenvalue weighted by atomic mass is 35.5. The van der Waals surface area contributed by atoms with Crippen molar-refractivity contribution in [2.24, 2.45) is 0 Å². The van der Waals surface area contributed by atoms with Crippen LogP contribution in [0.2, 0.25) is 5.02 Å². The second-order valence-corrected chi connectivity index (χ2v) is 5.12. The van der Waals surface area contributed by atoms with Gasteiger partial charge in [0, 0.05) is 24.9 Å². The maximum Gasteiger partial charge on any atom is 0.184 e. The smallest absolute Gasteiger partial charge is 0.184 e. The maximum atomic E-state index is 6.07. The molecule has 0 atom stereocenters. The molecule has 0 fully saturated rings. The van der Waals surface area contributed by atoms with Crippen LogP contribution in [0.4, 0.5) is 5.69 Å². The Labute approximate surface area is 132 Å². The molecule has 0 unspecified atom stereocenters. The minimum Gasteiger partial charge on any atom is -0.496 e. The summed E-state index contributed by atoms with van der Waals surface area (Å²) in [6, 6.07) is 7.23. The third-order valence-corrected chi connectivity index (χ3v) is 3.51. The van der Waals surface area contributed by atoms with Crippen LogP contribution >= 0.6 is 11.6 Å². The van der Waals surface area contributed by atoms with Gasteiger partial charge in [0.1, 0.15) is 11.6 Å². The molecule has 0 spiro atoms. The standard InChI is InChI=1S/C15H14ClN5O/c1-22-13-7-12(17)11(16)6-10(13)15-19-14(20-21-15)5-9-3-2-4-18-8-9/h2-4,6-8H,5,17H2,1H3,(H,19,20,21).